The van der Waals surface area contributed by atoms with Crippen molar-refractivity contribution < 1.29 is 0 Å². The maximum Gasteiger partial charge on any atom is 0.188 e. The molecule has 1 aromatic carbocycles. The molecule has 3 aromatic rings. The van der Waals surface area contributed by atoms with Gasteiger partial charge in [0.25, 0.3) is 0 Å². The highest BCUT2D eigenvalue weighted by Crippen LogP contribution is 2.31. The van der Waals surface area contributed by atoms with Crippen LogP contribution >= 0.6 is 11.3 Å². The van der Waals surface area contributed by atoms with E-state index in [2.05, 4.69) is 38.6 Å². The zero-order chi connectivity index (χ0) is 17.1. The highest BCUT2D eigenvalue weighted by Gasteiger charge is 2.12. The molecule has 0 amide bonds. The molecule has 0 radical (unpaired) electrons. The number of nitrogens with two attached hydrogens (primary N) is 1. The molecule has 0 saturated heterocycles. The van der Waals surface area contributed by atoms with E-state index in [4.69, 9.17) is 5.73 Å². The van der Waals surface area contributed by atoms with Crippen LogP contribution in [0.4, 0.5) is 28.1 Å². The predicted octanol–water partition coefficient (Wildman–Crippen LogP) is 4.18. The van der Waals surface area contributed by atoms with Crippen molar-refractivity contribution in [2.24, 2.45) is 0 Å². The van der Waals surface area contributed by atoms with E-state index in [1.165, 1.54) is 16.8 Å². The third-order valence-corrected chi connectivity index (χ3v) is 4.78. The Morgan fingerprint density at radius 1 is 1.08 bits per heavy atom. The van der Waals surface area contributed by atoms with E-state index in [9.17, 15) is 0 Å². The van der Waals surface area contributed by atoms with Crippen molar-refractivity contribution in [3.63, 3.8) is 0 Å². The Morgan fingerprint density at radius 3 is 2.46 bits per heavy atom. The van der Waals surface area contributed by atoms with Crippen LogP contribution < -0.4 is 16.4 Å². The summed E-state index contributed by atoms with van der Waals surface area (Å²) in [5.74, 6) is 1.13. The van der Waals surface area contributed by atoms with Gasteiger partial charge in [-0.1, -0.05) is 25.1 Å². The van der Waals surface area contributed by atoms with Gasteiger partial charge in [-0.3, -0.25) is 0 Å². The monoisotopic (exact) mass is 340 g/mol. The second kappa shape index (κ2) is 6.84. The van der Waals surface area contributed by atoms with Crippen molar-refractivity contribution in [1.29, 1.82) is 0 Å². The van der Waals surface area contributed by atoms with Gasteiger partial charge >= 0.3 is 0 Å². The summed E-state index contributed by atoms with van der Waals surface area (Å²) in [6.07, 6.45) is 2.42. The summed E-state index contributed by atoms with van der Waals surface area (Å²) < 4.78 is 0. The lowest BCUT2D eigenvalue weighted by atomic mass is 10.1. The molecule has 0 aliphatic rings. The fraction of sp³-hybridized carbons (Fsp3) is 0.235. The lowest BCUT2D eigenvalue weighted by Crippen LogP contribution is -2.06. The van der Waals surface area contributed by atoms with Crippen molar-refractivity contribution >= 4 is 39.5 Å². The largest absolute Gasteiger partial charge is 0.393 e. The molecular weight excluding hydrogens is 320 g/mol. The normalized spacial score (nSPS) is 10.6. The summed E-state index contributed by atoms with van der Waals surface area (Å²) in [5, 5.41) is 7.25. The highest BCUT2D eigenvalue weighted by atomic mass is 32.1. The molecule has 7 heteroatoms. The molecule has 0 bridgehead atoms. The average molecular weight is 340 g/mol. The number of thiazole rings is 1. The Kier molecular flexibility index (Phi) is 4.61. The first-order valence-corrected chi connectivity index (χ1v) is 8.56. The smallest absolute Gasteiger partial charge is 0.188 e. The number of anilines is 5. The van der Waals surface area contributed by atoms with E-state index in [1.54, 1.807) is 11.3 Å². The van der Waals surface area contributed by atoms with Crippen LogP contribution in [0.5, 0.6) is 0 Å². The lowest BCUT2D eigenvalue weighted by Gasteiger charge is -2.13. The molecule has 124 valence electrons. The van der Waals surface area contributed by atoms with Crippen molar-refractivity contribution in [3.8, 4) is 0 Å². The number of aromatic nitrogens is 3. The Labute approximate surface area is 145 Å². The molecule has 24 heavy (non-hydrogen) atoms. The molecule has 0 saturated carbocycles. The number of benzene rings is 1. The molecule has 0 aliphatic carbocycles. The van der Waals surface area contributed by atoms with Gasteiger partial charge in [0.2, 0.25) is 0 Å². The van der Waals surface area contributed by atoms with Gasteiger partial charge in [-0.15, -0.1) is 11.3 Å². The number of nitrogen functional groups attached to an aromatic ring is 1. The lowest BCUT2D eigenvalue weighted by molar-refractivity contribution is 1.13. The molecular formula is C17H20N6S. The van der Waals surface area contributed by atoms with E-state index in [0.29, 0.717) is 17.3 Å². The predicted molar refractivity (Wildman–Crippen MR) is 100 cm³/mol. The van der Waals surface area contributed by atoms with Gasteiger partial charge in [-0.05, 0) is 31.9 Å². The number of nitrogens with one attached hydrogen (secondary N) is 2. The maximum absolute atomic E-state index is 6.24. The maximum atomic E-state index is 6.24. The topological polar surface area (TPSA) is 88.8 Å². The van der Waals surface area contributed by atoms with Crippen LogP contribution in [0.1, 0.15) is 23.1 Å². The van der Waals surface area contributed by atoms with E-state index in [1.807, 2.05) is 32.0 Å². The molecule has 0 unspecified atom stereocenters. The number of nitrogens with zero attached hydrogens (tertiary/aromatic N) is 3. The minimum atomic E-state index is 0.467. The standard InChI is InChI=1S/C17H20N6S/c1-4-12-7-5-6-8-13(12)22-15-14(18)16(20-9-19-15)23-17-21-10(2)11(3)24-17/h5-9H,4,18H2,1-3H3,(H2,19,20,21,22,23). The van der Waals surface area contributed by atoms with Crippen molar-refractivity contribution in [3.05, 3.63) is 46.7 Å². The third kappa shape index (κ3) is 3.30. The molecule has 2 aromatic heterocycles. The molecule has 0 spiro atoms. The molecule has 0 aliphatic heterocycles. The summed E-state index contributed by atoms with van der Waals surface area (Å²) >= 11 is 1.58. The average Bonchev–Trinajstić information content (AvgIpc) is 2.89. The Morgan fingerprint density at radius 2 is 1.79 bits per heavy atom. The highest BCUT2D eigenvalue weighted by molar-refractivity contribution is 7.15. The molecule has 2 heterocycles. The van der Waals surface area contributed by atoms with Crippen molar-refractivity contribution in [2.75, 3.05) is 16.4 Å². The minimum Gasteiger partial charge on any atom is -0.393 e. The Bertz CT molecular complexity index is 839. The van der Waals surface area contributed by atoms with Gasteiger partial charge in [-0.2, -0.15) is 0 Å². The first-order chi connectivity index (χ1) is 11.6. The van der Waals surface area contributed by atoms with Crippen molar-refractivity contribution in [1.82, 2.24) is 15.0 Å². The van der Waals surface area contributed by atoms with E-state index in [-0.39, 0.29) is 0 Å². The Hall–Kier alpha value is -2.67. The summed E-state index contributed by atoms with van der Waals surface area (Å²) in [4.78, 5) is 14.1. The van der Waals surface area contributed by atoms with E-state index >= 15 is 0 Å². The number of aryl methyl sites for hydroxylation is 3. The summed E-state index contributed by atoms with van der Waals surface area (Å²) in [6.45, 7) is 6.13. The van der Waals surface area contributed by atoms with Crippen LogP contribution in [0.2, 0.25) is 0 Å². The number of rotatable bonds is 5. The molecule has 6 nitrogen and oxygen atoms in total. The molecule has 3 rings (SSSR count). The fourth-order valence-electron chi connectivity index (χ4n) is 2.30. The summed E-state index contributed by atoms with van der Waals surface area (Å²) in [6, 6.07) is 8.10. The molecule has 0 atom stereocenters. The zero-order valence-corrected chi connectivity index (χ0v) is 14.7. The van der Waals surface area contributed by atoms with Gasteiger partial charge in [0.1, 0.15) is 12.0 Å². The van der Waals surface area contributed by atoms with Gasteiger partial charge in [0, 0.05) is 10.6 Å². The molecule has 4 N–H and O–H groups in total. The summed E-state index contributed by atoms with van der Waals surface area (Å²) in [7, 11) is 0. The third-order valence-electron chi connectivity index (χ3n) is 3.79. The van der Waals surface area contributed by atoms with Crippen LogP contribution in [-0.2, 0) is 6.42 Å². The second-order valence-corrected chi connectivity index (χ2v) is 6.61. The second-order valence-electron chi connectivity index (χ2n) is 5.41. The SMILES string of the molecule is CCc1ccccc1Nc1ncnc(Nc2nc(C)c(C)s2)c1N. The van der Waals surface area contributed by atoms with Gasteiger partial charge in [0.05, 0.1) is 5.69 Å². The fourth-order valence-corrected chi connectivity index (χ4v) is 3.11. The van der Waals surface area contributed by atoms with Crippen LogP contribution in [0, 0.1) is 13.8 Å². The summed E-state index contributed by atoms with van der Waals surface area (Å²) in [5.41, 5.74) is 9.92. The Balaban J connectivity index is 1.88. The first-order valence-electron chi connectivity index (χ1n) is 7.75. The van der Waals surface area contributed by atoms with E-state index < -0.39 is 0 Å². The number of hydrogen-bond acceptors (Lipinski definition) is 7. The van der Waals surface area contributed by atoms with E-state index in [0.717, 1.165) is 22.9 Å². The quantitative estimate of drug-likeness (QED) is 0.645. The van der Waals surface area contributed by atoms with Crippen LogP contribution in [0.3, 0.4) is 0 Å². The van der Waals surface area contributed by atoms with Crippen LogP contribution in [-0.4, -0.2) is 15.0 Å². The zero-order valence-electron chi connectivity index (χ0n) is 13.9. The number of para-hydroxylation sites is 1. The van der Waals surface area contributed by atoms with Crippen molar-refractivity contribution in [2.45, 2.75) is 27.2 Å². The van der Waals surface area contributed by atoms with Gasteiger partial charge in [0.15, 0.2) is 16.8 Å². The van der Waals surface area contributed by atoms with Crippen LogP contribution in [0.15, 0.2) is 30.6 Å². The molecule has 0 fully saturated rings. The van der Waals surface area contributed by atoms with Gasteiger partial charge < -0.3 is 16.4 Å². The van der Waals surface area contributed by atoms with Gasteiger partial charge in [-0.25, -0.2) is 15.0 Å². The first kappa shape index (κ1) is 16.2. The number of hydrogen-bond donors (Lipinski definition) is 3. The minimum absolute atomic E-state index is 0.467. The van der Waals surface area contributed by atoms with Crippen LogP contribution in [0.25, 0.3) is 0 Å².